The smallest absolute Gasteiger partial charge is 0.255 e. The quantitative estimate of drug-likeness (QED) is 0.701. The van der Waals surface area contributed by atoms with Crippen LogP contribution in [0.2, 0.25) is 5.02 Å². The van der Waals surface area contributed by atoms with Crippen LogP contribution >= 0.6 is 27.5 Å². The van der Waals surface area contributed by atoms with Gasteiger partial charge in [-0.1, -0.05) is 17.7 Å². The molecule has 0 atom stereocenters. The summed E-state index contributed by atoms with van der Waals surface area (Å²) in [7, 11) is 0. The van der Waals surface area contributed by atoms with Crippen LogP contribution in [0.1, 0.15) is 15.9 Å². The lowest BCUT2D eigenvalue weighted by molar-refractivity contribution is -0.131. The molecule has 0 saturated carbocycles. The van der Waals surface area contributed by atoms with Crippen LogP contribution in [0.5, 0.6) is 0 Å². The molecule has 1 saturated heterocycles. The summed E-state index contributed by atoms with van der Waals surface area (Å²) in [6.45, 7) is 1.52. The Balaban J connectivity index is 1.58. The Bertz CT molecular complexity index is 886. The molecule has 0 spiro atoms. The van der Waals surface area contributed by atoms with Crippen LogP contribution in [0.3, 0.4) is 0 Å². The molecule has 0 bridgehead atoms. The van der Waals surface area contributed by atoms with E-state index in [0.717, 1.165) is 6.07 Å². The normalized spacial score (nSPS) is 14.4. The van der Waals surface area contributed by atoms with Crippen LogP contribution in [0.4, 0.5) is 8.78 Å². The number of nitrogens with zero attached hydrogens (tertiary/aromatic N) is 2. The Morgan fingerprint density at radius 2 is 1.67 bits per heavy atom. The van der Waals surface area contributed by atoms with Gasteiger partial charge in [0.15, 0.2) is 0 Å². The highest BCUT2D eigenvalue weighted by molar-refractivity contribution is 9.10. The highest BCUT2D eigenvalue weighted by Gasteiger charge is 2.26. The molecular weight excluding hydrogens is 442 g/mol. The monoisotopic (exact) mass is 456 g/mol. The summed E-state index contributed by atoms with van der Waals surface area (Å²) >= 11 is 9.06. The molecule has 0 unspecified atom stereocenters. The van der Waals surface area contributed by atoms with Gasteiger partial charge in [0.25, 0.3) is 5.91 Å². The van der Waals surface area contributed by atoms with Gasteiger partial charge in [-0.3, -0.25) is 9.59 Å². The van der Waals surface area contributed by atoms with Crippen LogP contribution < -0.4 is 0 Å². The largest absolute Gasteiger partial charge is 0.339 e. The molecule has 2 aromatic carbocycles. The van der Waals surface area contributed by atoms with Crippen molar-refractivity contribution < 1.29 is 18.4 Å². The van der Waals surface area contributed by atoms with Gasteiger partial charge in [-0.15, -0.1) is 0 Å². The molecule has 2 amide bonds. The summed E-state index contributed by atoms with van der Waals surface area (Å²) in [4.78, 5) is 28.3. The molecule has 142 valence electrons. The van der Waals surface area contributed by atoms with Crippen molar-refractivity contribution in [2.24, 2.45) is 0 Å². The lowest BCUT2D eigenvalue weighted by Crippen LogP contribution is -2.51. The van der Waals surface area contributed by atoms with Crippen LogP contribution in [-0.4, -0.2) is 47.8 Å². The molecule has 2 aromatic rings. The van der Waals surface area contributed by atoms with E-state index in [1.807, 2.05) is 0 Å². The van der Waals surface area contributed by atoms with E-state index in [0.29, 0.717) is 36.2 Å². The van der Waals surface area contributed by atoms with E-state index in [-0.39, 0.29) is 34.6 Å². The molecule has 1 aliphatic rings. The summed E-state index contributed by atoms with van der Waals surface area (Å²) in [5.41, 5.74) is 0.957. The Hall–Kier alpha value is -1.99. The third kappa shape index (κ3) is 4.65. The third-order valence-electron chi connectivity index (χ3n) is 4.42. The van der Waals surface area contributed by atoms with E-state index < -0.39 is 5.82 Å². The highest BCUT2D eigenvalue weighted by atomic mass is 79.9. The number of carbonyl (C=O) groups is 2. The second-order valence-corrected chi connectivity index (χ2v) is 7.48. The van der Waals surface area contributed by atoms with Crippen LogP contribution in [0.25, 0.3) is 0 Å². The fraction of sp³-hybridized carbons (Fsp3) is 0.263. The summed E-state index contributed by atoms with van der Waals surface area (Å²) in [6.07, 6.45) is 0.163. The van der Waals surface area contributed by atoms with E-state index in [1.165, 1.54) is 18.2 Å². The van der Waals surface area contributed by atoms with Crippen molar-refractivity contribution in [1.82, 2.24) is 9.80 Å². The number of halogens is 4. The predicted octanol–water partition coefficient (Wildman–Crippen LogP) is 3.91. The lowest BCUT2D eigenvalue weighted by Gasteiger charge is -2.35. The highest BCUT2D eigenvalue weighted by Crippen LogP contribution is 2.21. The predicted molar refractivity (Wildman–Crippen MR) is 102 cm³/mol. The summed E-state index contributed by atoms with van der Waals surface area (Å²) < 4.78 is 26.8. The first-order valence-electron chi connectivity index (χ1n) is 8.31. The molecule has 27 heavy (non-hydrogen) atoms. The standard InChI is InChI=1S/C19H16BrClF2N2O2/c20-15-9-12(1-4-17(15)23)10-18(26)24-5-7-25(8-6-24)19(27)14-3-2-13(22)11-16(14)21/h1-4,9,11H,5-8,10H2. The molecule has 4 nitrogen and oxygen atoms in total. The minimum atomic E-state index is -0.501. The summed E-state index contributed by atoms with van der Waals surface area (Å²) in [5.74, 6) is -1.24. The Morgan fingerprint density at radius 1 is 1.00 bits per heavy atom. The van der Waals surface area contributed by atoms with Crippen molar-refractivity contribution in [1.29, 1.82) is 0 Å². The Labute approximate surface area is 168 Å². The topological polar surface area (TPSA) is 40.6 Å². The zero-order valence-electron chi connectivity index (χ0n) is 14.2. The van der Waals surface area contributed by atoms with Gasteiger partial charge in [0, 0.05) is 26.2 Å². The van der Waals surface area contributed by atoms with Gasteiger partial charge in [-0.2, -0.15) is 0 Å². The van der Waals surface area contributed by atoms with Crippen molar-refractivity contribution >= 4 is 39.3 Å². The van der Waals surface area contributed by atoms with Crippen LogP contribution in [0.15, 0.2) is 40.9 Å². The van der Waals surface area contributed by atoms with Crippen molar-refractivity contribution in [3.8, 4) is 0 Å². The lowest BCUT2D eigenvalue weighted by atomic mass is 10.1. The van der Waals surface area contributed by atoms with Crippen molar-refractivity contribution in [3.63, 3.8) is 0 Å². The number of carbonyl (C=O) groups excluding carboxylic acids is 2. The number of piperazine rings is 1. The SMILES string of the molecule is O=C(Cc1ccc(F)c(Br)c1)N1CCN(C(=O)c2ccc(F)cc2Cl)CC1. The maximum Gasteiger partial charge on any atom is 0.255 e. The number of amides is 2. The van der Waals surface area contributed by atoms with Crippen molar-refractivity contribution in [3.05, 3.63) is 68.7 Å². The van der Waals surface area contributed by atoms with E-state index >= 15 is 0 Å². The zero-order chi connectivity index (χ0) is 19.6. The molecule has 3 rings (SSSR count). The van der Waals surface area contributed by atoms with Crippen LogP contribution in [0, 0.1) is 11.6 Å². The average molecular weight is 458 g/mol. The van der Waals surface area contributed by atoms with Gasteiger partial charge in [0.1, 0.15) is 11.6 Å². The van der Waals surface area contributed by atoms with Gasteiger partial charge in [-0.05, 0) is 51.8 Å². The van der Waals surface area contributed by atoms with E-state index in [1.54, 1.807) is 21.9 Å². The second kappa shape index (κ2) is 8.35. The van der Waals surface area contributed by atoms with Crippen LogP contribution in [-0.2, 0) is 11.2 Å². The van der Waals surface area contributed by atoms with E-state index in [2.05, 4.69) is 15.9 Å². The molecule has 1 aliphatic heterocycles. The summed E-state index contributed by atoms with van der Waals surface area (Å²) in [6, 6.07) is 8.15. The van der Waals surface area contributed by atoms with E-state index in [9.17, 15) is 18.4 Å². The number of hydrogen-bond donors (Lipinski definition) is 0. The maximum absolute atomic E-state index is 13.3. The van der Waals surface area contributed by atoms with Crippen molar-refractivity contribution in [2.75, 3.05) is 26.2 Å². The number of hydrogen-bond acceptors (Lipinski definition) is 2. The molecule has 1 heterocycles. The number of benzene rings is 2. The first-order valence-corrected chi connectivity index (χ1v) is 9.48. The maximum atomic E-state index is 13.3. The molecule has 0 N–H and O–H groups in total. The van der Waals surface area contributed by atoms with Gasteiger partial charge in [0.05, 0.1) is 21.5 Å². The van der Waals surface area contributed by atoms with E-state index in [4.69, 9.17) is 11.6 Å². The Morgan fingerprint density at radius 3 is 2.30 bits per heavy atom. The zero-order valence-corrected chi connectivity index (χ0v) is 16.6. The minimum absolute atomic E-state index is 0.0698. The first-order chi connectivity index (χ1) is 12.8. The molecule has 8 heteroatoms. The minimum Gasteiger partial charge on any atom is -0.339 e. The van der Waals surface area contributed by atoms with Crippen molar-refractivity contribution in [2.45, 2.75) is 6.42 Å². The molecular formula is C19H16BrClF2N2O2. The molecule has 0 radical (unpaired) electrons. The van der Waals surface area contributed by atoms with Gasteiger partial charge in [-0.25, -0.2) is 8.78 Å². The average Bonchev–Trinajstić information content (AvgIpc) is 2.64. The van der Waals surface area contributed by atoms with Gasteiger partial charge < -0.3 is 9.80 Å². The fourth-order valence-electron chi connectivity index (χ4n) is 2.93. The van der Waals surface area contributed by atoms with Gasteiger partial charge in [0.2, 0.25) is 5.91 Å². The fourth-order valence-corrected chi connectivity index (χ4v) is 3.60. The first kappa shape index (κ1) is 19.8. The Kier molecular flexibility index (Phi) is 6.11. The second-order valence-electron chi connectivity index (χ2n) is 6.22. The number of rotatable bonds is 3. The third-order valence-corrected chi connectivity index (χ3v) is 5.34. The molecule has 1 fully saturated rings. The summed E-state index contributed by atoms with van der Waals surface area (Å²) in [5, 5.41) is 0.0698. The molecule has 0 aromatic heterocycles. The molecule has 0 aliphatic carbocycles. The van der Waals surface area contributed by atoms with Gasteiger partial charge >= 0.3 is 0 Å².